The molecule has 19 heteroatoms. The molecule has 0 saturated carbocycles. The summed E-state index contributed by atoms with van der Waals surface area (Å²) in [6.45, 7) is 7.24. The maximum absolute atomic E-state index is 13.0. The number of esters is 4. The summed E-state index contributed by atoms with van der Waals surface area (Å²) >= 11 is 0. The number of unbranched alkanes of at least 4 members (excludes halogenated alkanes) is 42. The zero-order valence-corrected chi connectivity index (χ0v) is 59.4. The van der Waals surface area contributed by atoms with Gasteiger partial charge in [-0.25, -0.2) is 9.13 Å². The van der Waals surface area contributed by atoms with Gasteiger partial charge in [0.2, 0.25) is 0 Å². The average molecular weight is 1310 g/mol. The maximum atomic E-state index is 13.0. The number of aliphatic hydroxyl groups excluding tert-OH is 1. The third-order valence-corrected chi connectivity index (χ3v) is 18.2. The first-order chi connectivity index (χ1) is 43.0. The van der Waals surface area contributed by atoms with Gasteiger partial charge in [-0.15, -0.1) is 0 Å². The molecule has 0 heterocycles. The van der Waals surface area contributed by atoms with Gasteiger partial charge in [0, 0.05) is 25.7 Å². The van der Waals surface area contributed by atoms with Crippen molar-refractivity contribution in [2.45, 2.75) is 380 Å². The van der Waals surface area contributed by atoms with Crippen molar-refractivity contribution in [3.63, 3.8) is 0 Å². The van der Waals surface area contributed by atoms with E-state index in [1.54, 1.807) is 0 Å². The highest BCUT2D eigenvalue weighted by Gasteiger charge is 2.30. The highest BCUT2D eigenvalue weighted by molar-refractivity contribution is 7.47. The van der Waals surface area contributed by atoms with Gasteiger partial charge < -0.3 is 33.8 Å². The quantitative estimate of drug-likeness (QED) is 0.0222. The van der Waals surface area contributed by atoms with Crippen LogP contribution in [0.4, 0.5) is 0 Å². The summed E-state index contributed by atoms with van der Waals surface area (Å²) in [7, 11) is -9.90. The van der Waals surface area contributed by atoms with Crippen LogP contribution in [0.3, 0.4) is 0 Å². The highest BCUT2D eigenvalue weighted by atomic mass is 31.2. The van der Waals surface area contributed by atoms with E-state index in [9.17, 15) is 43.2 Å². The van der Waals surface area contributed by atoms with Crippen molar-refractivity contribution >= 4 is 39.5 Å². The average Bonchev–Trinajstić information content (AvgIpc) is 3.58. The monoisotopic (exact) mass is 1310 g/mol. The molecule has 0 aromatic carbocycles. The van der Waals surface area contributed by atoms with E-state index in [1.165, 1.54) is 186 Å². The van der Waals surface area contributed by atoms with E-state index in [2.05, 4.69) is 34.6 Å². The second-order valence-corrected chi connectivity index (χ2v) is 28.7. The number of carbonyl (C=O) groups excluding carboxylic acids is 4. The molecule has 89 heavy (non-hydrogen) atoms. The van der Waals surface area contributed by atoms with Crippen LogP contribution in [0, 0.1) is 5.92 Å². The Morgan fingerprint density at radius 1 is 0.303 bits per heavy atom. The minimum atomic E-state index is -4.95. The molecule has 3 N–H and O–H groups in total. The number of hydrogen-bond acceptors (Lipinski definition) is 15. The molecular weight excluding hydrogens is 1170 g/mol. The minimum absolute atomic E-state index is 0.107. The molecule has 0 amide bonds. The number of ether oxygens (including phenoxy) is 4. The first-order valence-electron chi connectivity index (χ1n) is 36.6. The first kappa shape index (κ1) is 87.1. The van der Waals surface area contributed by atoms with Crippen molar-refractivity contribution in [2.75, 3.05) is 39.6 Å². The predicted octanol–water partition coefficient (Wildman–Crippen LogP) is 20.1. The van der Waals surface area contributed by atoms with Crippen molar-refractivity contribution in [3.05, 3.63) is 0 Å². The summed E-state index contributed by atoms with van der Waals surface area (Å²) in [5.74, 6) is -1.35. The molecule has 2 unspecified atom stereocenters. The molecule has 5 atom stereocenters. The second kappa shape index (κ2) is 63.5. The topological polar surface area (TPSA) is 237 Å². The molecule has 17 nitrogen and oxygen atoms in total. The van der Waals surface area contributed by atoms with Gasteiger partial charge in [-0.3, -0.25) is 37.3 Å². The van der Waals surface area contributed by atoms with Gasteiger partial charge in [0.1, 0.15) is 19.3 Å². The summed E-state index contributed by atoms with van der Waals surface area (Å²) in [4.78, 5) is 72.5. The van der Waals surface area contributed by atoms with E-state index in [0.717, 1.165) is 95.8 Å². The summed E-state index contributed by atoms with van der Waals surface area (Å²) < 4.78 is 68.3. The number of aliphatic hydroxyl groups is 1. The smallest absolute Gasteiger partial charge is 0.462 e. The Kier molecular flexibility index (Phi) is 62.1. The van der Waals surface area contributed by atoms with E-state index < -0.39 is 97.5 Å². The van der Waals surface area contributed by atoms with Crippen molar-refractivity contribution < 1.29 is 80.2 Å². The zero-order chi connectivity index (χ0) is 65.6. The lowest BCUT2D eigenvalue weighted by Crippen LogP contribution is -2.30. The molecule has 0 aliphatic carbocycles. The fourth-order valence-electron chi connectivity index (χ4n) is 10.6. The number of hydrogen-bond donors (Lipinski definition) is 3. The van der Waals surface area contributed by atoms with Gasteiger partial charge >= 0.3 is 39.5 Å². The summed E-state index contributed by atoms with van der Waals surface area (Å²) in [5.41, 5.74) is 0. The SMILES string of the molecule is CCCCCCCCCCCCCCCCCC(=O)O[C@H](COC(=O)CCCCCCCCCCCCCC(C)C)COP(=O)(O)OC[C@@H](O)COP(=O)(O)OC[C@@H](COC(=O)CCCCCCCCCCCC)OC(=O)CCCCCCCCCCCC. The van der Waals surface area contributed by atoms with Crippen LogP contribution in [-0.2, 0) is 65.4 Å². The number of carbonyl (C=O) groups is 4. The number of phosphoric ester groups is 2. The first-order valence-corrected chi connectivity index (χ1v) is 39.6. The van der Waals surface area contributed by atoms with Crippen LogP contribution in [0.25, 0.3) is 0 Å². The molecular formula is C70H136O17P2. The summed E-state index contributed by atoms with van der Waals surface area (Å²) in [6.07, 6.45) is 49.8. The Bertz CT molecular complexity index is 1720. The number of rotatable bonds is 70. The van der Waals surface area contributed by atoms with Gasteiger partial charge in [0.25, 0.3) is 0 Å². The molecule has 0 bridgehead atoms. The summed E-state index contributed by atoms with van der Waals surface area (Å²) in [6, 6.07) is 0. The van der Waals surface area contributed by atoms with Crippen LogP contribution in [0.15, 0.2) is 0 Å². The van der Waals surface area contributed by atoms with E-state index in [4.69, 9.17) is 37.0 Å². The molecule has 0 radical (unpaired) electrons. The van der Waals surface area contributed by atoms with Gasteiger partial charge in [-0.1, -0.05) is 311 Å². The minimum Gasteiger partial charge on any atom is -0.462 e. The highest BCUT2D eigenvalue weighted by Crippen LogP contribution is 2.45. The standard InChI is InChI=1S/C70H136O17P2/c1-6-9-12-15-18-21-24-25-26-27-30-36-41-46-51-56-70(75)87-66(60-81-68(73)54-49-44-39-35-31-28-29-32-37-42-47-52-63(4)5)62-85-89(78,79)83-58-64(71)57-82-88(76,77)84-61-65(86-69(74)55-50-45-40-34-23-20-17-14-11-8-3)59-80-67(72)53-48-43-38-33-22-19-16-13-10-7-2/h63-66,71H,6-62H2,1-5H3,(H,76,77)(H,78,79)/t64-,65+,66+/m0/s1. The zero-order valence-electron chi connectivity index (χ0n) is 57.6. The Balaban J connectivity index is 5.23. The predicted molar refractivity (Wildman–Crippen MR) is 358 cm³/mol. The van der Waals surface area contributed by atoms with E-state index >= 15 is 0 Å². The molecule has 0 aromatic heterocycles. The van der Waals surface area contributed by atoms with Crippen LogP contribution in [0.1, 0.15) is 362 Å². The van der Waals surface area contributed by atoms with Crippen molar-refractivity contribution in [2.24, 2.45) is 5.92 Å². The molecule has 0 fully saturated rings. The third kappa shape index (κ3) is 64.6. The van der Waals surface area contributed by atoms with Gasteiger partial charge in [-0.2, -0.15) is 0 Å². The van der Waals surface area contributed by atoms with Crippen molar-refractivity contribution in [1.29, 1.82) is 0 Å². The molecule has 0 saturated heterocycles. The van der Waals surface area contributed by atoms with E-state index in [1.807, 2.05) is 0 Å². The molecule has 0 aliphatic heterocycles. The maximum Gasteiger partial charge on any atom is 0.472 e. The normalized spacial score (nSPS) is 14.1. The van der Waals surface area contributed by atoms with Gasteiger partial charge in [-0.05, 0) is 31.6 Å². The molecule has 0 aromatic rings. The van der Waals surface area contributed by atoms with Crippen molar-refractivity contribution in [1.82, 2.24) is 0 Å². The lowest BCUT2D eigenvalue weighted by molar-refractivity contribution is -0.161. The summed E-state index contributed by atoms with van der Waals surface area (Å²) in [5, 5.41) is 10.6. The third-order valence-electron chi connectivity index (χ3n) is 16.3. The Hall–Kier alpha value is -1.94. The molecule has 0 spiro atoms. The van der Waals surface area contributed by atoms with Crippen LogP contribution < -0.4 is 0 Å². The van der Waals surface area contributed by atoms with Gasteiger partial charge in [0.15, 0.2) is 12.2 Å². The van der Waals surface area contributed by atoms with E-state index in [0.29, 0.717) is 25.7 Å². The van der Waals surface area contributed by atoms with Gasteiger partial charge in [0.05, 0.1) is 26.4 Å². The lowest BCUT2D eigenvalue weighted by atomic mass is 10.0. The van der Waals surface area contributed by atoms with Crippen LogP contribution in [0.2, 0.25) is 0 Å². The Morgan fingerprint density at radius 3 is 0.764 bits per heavy atom. The van der Waals surface area contributed by atoms with Crippen LogP contribution in [0.5, 0.6) is 0 Å². The Labute approximate surface area is 543 Å². The second-order valence-electron chi connectivity index (χ2n) is 25.7. The van der Waals surface area contributed by atoms with Crippen molar-refractivity contribution in [3.8, 4) is 0 Å². The Morgan fingerprint density at radius 2 is 0.517 bits per heavy atom. The fourth-order valence-corrected chi connectivity index (χ4v) is 12.2. The molecule has 0 aliphatic rings. The number of phosphoric acid groups is 2. The fraction of sp³-hybridized carbons (Fsp3) is 0.943. The van der Waals surface area contributed by atoms with Crippen LogP contribution in [-0.4, -0.2) is 96.7 Å². The molecule has 528 valence electrons. The molecule has 0 rings (SSSR count). The van der Waals surface area contributed by atoms with Crippen LogP contribution >= 0.6 is 15.6 Å². The van der Waals surface area contributed by atoms with E-state index in [-0.39, 0.29) is 25.7 Å². The lowest BCUT2D eigenvalue weighted by Gasteiger charge is -2.21. The largest absolute Gasteiger partial charge is 0.472 e.